The molecule has 0 saturated heterocycles. The van der Waals surface area contributed by atoms with Gasteiger partial charge in [0.05, 0.1) is 29.6 Å². The van der Waals surface area contributed by atoms with Crippen LogP contribution < -0.4 is 23.7 Å². The summed E-state index contributed by atoms with van der Waals surface area (Å²) in [7, 11) is 0. The lowest BCUT2D eigenvalue weighted by Gasteiger charge is -2.35. The molecule has 7 unspecified atom stereocenters. The maximum atomic E-state index is 14.1. The normalized spacial score (nSPS) is 16.7. The maximum Gasteiger partial charge on any atom is 0.314 e. The highest BCUT2D eigenvalue weighted by Crippen LogP contribution is 2.46. The molecule has 1 aliphatic heterocycles. The summed E-state index contributed by atoms with van der Waals surface area (Å²) >= 11 is 0. The average Bonchev–Trinajstić information content (AvgIpc) is 3.30. The summed E-state index contributed by atoms with van der Waals surface area (Å²) < 4.78 is 37.8. The van der Waals surface area contributed by atoms with Crippen molar-refractivity contribution in [3.05, 3.63) is 41.5 Å². The van der Waals surface area contributed by atoms with Crippen LogP contribution in [0.15, 0.2) is 30.3 Å². The number of hydrogen-bond acceptors (Lipinski definition) is 11. The van der Waals surface area contributed by atoms with Crippen LogP contribution in [0.1, 0.15) is 215 Å². The third-order valence-corrected chi connectivity index (χ3v) is 13.2. The van der Waals surface area contributed by atoms with Gasteiger partial charge in [-0.15, -0.1) is 0 Å². The van der Waals surface area contributed by atoms with Crippen LogP contribution in [0.5, 0.6) is 28.7 Å². The van der Waals surface area contributed by atoms with Crippen LogP contribution in [0.2, 0.25) is 0 Å². The molecule has 370 valence electrons. The van der Waals surface area contributed by atoms with Crippen molar-refractivity contribution in [3.63, 3.8) is 0 Å². The van der Waals surface area contributed by atoms with Gasteiger partial charge >= 0.3 is 29.8 Å². The molecule has 0 spiro atoms. The topological polar surface area (TPSA) is 141 Å². The largest absolute Gasteiger partial charge is 0.481 e. The molecule has 2 aromatic rings. The van der Waals surface area contributed by atoms with E-state index in [1.165, 1.54) is 0 Å². The zero-order valence-electron chi connectivity index (χ0n) is 42.3. The SMILES string of the molecule is CCCCC(CC)C(=O)Oc1cc(OC(=O)C(CC)CCCC)c2c(c1)OC(c1ccc(OC(=O)C(CC)CCCC)c(OC(=O)C(CC)CCCC)c1)C(OC(=O)C(CC)CCCC)C2. The van der Waals surface area contributed by atoms with Crippen molar-refractivity contribution in [2.45, 2.75) is 216 Å². The lowest BCUT2D eigenvalue weighted by Crippen LogP contribution is -2.37. The number of esters is 5. The van der Waals surface area contributed by atoms with Gasteiger partial charge < -0.3 is 28.4 Å². The Balaban J connectivity index is 2.27. The van der Waals surface area contributed by atoms with Gasteiger partial charge in [0, 0.05) is 29.7 Å². The van der Waals surface area contributed by atoms with Gasteiger partial charge in [0.1, 0.15) is 23.4 Å². The molecule has 0 saturated carbocycles. The highest BCUT2D eigenvalue weighted by atomic mass is 16.6. The number of unbranched alkanes of at least 4 members (excludes halogenated alkanes) is 5. The minimum absolute atomic E-state index is 0.0627. The zero-order chi connectivity index (χ0) is 48.6. The first-order valence-electron chi connectivity index (χ1n) is 25.9. The Morgan fingerprint density at radius 1 is 0.485 bits per heavy atom. The van der Waals surface area contributed by atoms with E-state index in [1.54, 1.807) is 30.3 Å². The first-order chi connectivity index (χ1) is 31.9. The lowest BCUT2D eigenvalue weighted by molar-refractivity contribution is -0.161. The second kappa shape index (κ2) is 30.1. The van der Waals surface area contributed by atoms with Crippen molar-refractivity contribution < 1.29 is 52.4 Å². The highest BCUT2D eigenvalue weighted by Gasteiger charge is 2.39. The van der Waals surface area contributed by atoms with Crippen LogP contribution in [-0.4, -0.2) is 36.0 Å². The molecule has 7 atom stereocenters. The lowest BCUT2D eigenvalue weighted by atomic mass is 9.92. The molecule has 1 aliphatic rings. The fourth-order valence-electron chi connectivity index (χ4n) is 8.54. The van der Waals surface area contributed by atoms with Crippen LogP contribution in [-0.2, 0) is 35.1 Å². The summed E-state index contributed by atoms with van der Waals surface area (Å²) in [5, 5.41) is 0. The number of carbonyl (C=O) groups is 5. The van der Waals surface area contributed by atoms with E-state index in [4.69, 9.17) is 28.4 Å². The highest BCUT2D eigenvalue weighted by molar-refractivity contribution is 5.80. The number of fused-ring (bicyclic) bond motifs is 1. The average molecular weight is 921 g/mol. The number of benzene rings is 2. The summed E-state index contributed by atoms with van der Waals surface area (Å²) in [5.74, 6) is -2.85. The van der Waals surface area contributed by atoms with Crippen LogP contribution in [0, 0.1) is 29.6 Å². The minimum atomic E-state index is -0.960. The summed E-state index contributed by atoms with van der Waals surface area (Å²) in [6.45, 7) is 20.2. The predicted molar refractivity (Wildman–Crippen MR) is 259 cm³/mol. The molecule has 3 rings (SSSR count). The molecular formula is C55H84O11. The monoisotopic (exact) mass is 921 g/mol. The molecule has 66 heavy (non-hydrogen) atoms. The quantitative estimate of drug-likeness (QED) is 0.0527. The van der Waals surface area contributed by atoms with Gasteiger partial charge in [0.15, 0.2) is 17.6 Å². The number of carbonyl (C=O) groups excluding carboxylic acids is 5. The van der Waals surface area contributed by atoms with Crippen molar-refractivity contribution >= 4 is 29.8 Å². The third kappa shape index (κ3) is 16.7. The summed E-state index contributed by atoms with van der Waals surface area (Å²) in [5.41, 5.74) is 0.998. The van der Waals surface area contributed by atoms with Gasteiger partial charge in [-0.25, -0.2) is 0 Å². The van der Waals surface area contributed by atoms with Crippen molar-refractivity contribution in [3.8, 4) is 28.7 Å². The van der Waals surface area contributed by atoms with Crippen molar-refractivity contribution in [2.24, 2.45) is 29.6 Å². The first kappa shape index (κ1) is 55.9. The predicted octanol–water partition coefficient (Wildman–Crippen LogP) is 14.0. The summed E-state index contributed by atoms with van der Waals surface area (Å²) in [6, 6.07) is 8.17. The molecule has 0 N–H and O–H groups in total. The van der Waals surface area contributed by atoms with Crippen molar-refractivity contribution in [2.75, 3.05) is 0 Å². The van der Waals surface area contributed by atoms with E-state index in [-0.39, 0.29) is 70.9 Å². The molecule has 11 heteroatoms. The van der Waals surface area contributed by atoms with Gasteiger partial charge in [0.2, 0.25) is 0 Å². The Morgan fingerprint density at radius 3 is 1.30 bits per heavy atom. The van der Waals surface area contributed by atoms with E-state index in [1.807, 2.05) is 34.6 Å². The fourth-order valence-corrected chi connectivity index (χ4v) is 8.54. The van der Waals surface area contributed by atoms with Crippen LogP contribution >= 0.6 is 0 Å². The Hall–Kier alpha value is -4.41. The molecule has 0 fully saturated rings. The van der Waals surface area contributed by atoms with Crippen LogP contribution in [0.3, 0.4) is 0 Å². The Morgan fingerprint density at radius 2 is 0.879 bits per heavy atom. The Kier molecular flexibility index (Phi) is 25.5. The van der Waals surface area contributed by atoms with E-state index in [0.717, 1.165) is 64.2 Å². The van der Waals surface area contributed by atoms with Crippen molar-refractivity contribution in [1.29, 1.82) is 0 Å². The summed E-state index contributed by atoms with van der Waals surface area (Å²) in [6.07, 6.45) is 13.5. The molecule has 2 aromatic carbocycles. The van der Waals surface area contributed by atoms with Crippen LogP contribution in [0.4, 0.5) is 0 Å². The second-order valence-corrected chi connectivity index (χ2v) is 18.2. The Labute approximate surface area is 397 Å². The van der Waals surface area contributed by atoms with Crippen molar-refractivity contribution in [1.82, 2.24) is 0 Å². The minimum Gasteiger partial charge on any atom is -0.481 e. The smallest absolute Gasteiger partial charge is 0.314 e. The third-order valence-electron chi connectivity index (χ3n) is 13.2. The second-order valence-electron chi connectivity index (χ2n) is 18.2. The first-order valence-corrected chi connectivity index (χ1v) is 25.9. The molecule has 0 aliphatic carbocycles. The Bertz CT molecular complexity index is 1820. The fraction of sp³-hybridized carbons (Fsp3) is 0.691. The molecule has 0 radical (unpaired) electrons. The van der Waals surface area contributed by atoms with Gasteiger partial charge in [0.25, 0.3) is 0 Å². The molecule has 0 aromatic heterocycles. The van der Waals surface area contributed by atoms with E-state index in [2.05, 4.69) is 34.6 Å². The number of hydrogen-bond donors (Lipinski definition) is 0. The number of ether oxygens (including phenoxy) is 6. The van der Waals surface area contributed by atoms with Gasteiger partial charge in [-0.05, 0) is 76.3 Å². The zero-order valence-corrected chi connectivity index (χ0v) is 42.3. The standard InChI is InChI=1S/C55H84O11/c1-11-21-26-37(16-6)51(56)61-43-34-46-44(47(35-43)64-53(58)39(18-8)28-23-13-3)36-49(66-55(60)41(20-10)30-25-15-5)50(62-46)42-31-32-45(63-52(57)38(17-7)27-22-12-2)48(33-42)65-54(59)40(19-9)29-24-14-4/h31-35,37-41,49-50H,11-30,36H2,1-10H3. The molecule has 11 nitrogen and oxygen atoms in total. The van der Waals surface area contributed by atoms with Gasteiger partial charge in [-0.3, -0.25) is 24.0 Å². The molecule has 0 bridgehead atoms. The number of rotatable bonds is 31. The molecule has 1 heterocycles. The van der Waals surface area contributed by atoms with Crippen LogP contribution in [0.25, 0.3) is 0 Å². The summed E-state index contributed by atoms with van der Waals surface area (Å²) in [4.78, 5) is 69.0. The maximum absolute atomic E-state index is 14.1. The van der Waals surface area contributed by atoms with E-state index in [9.17, 15) is 24.0 Å². The van der Waals surface area contributed by atoms with E-state index in [0.29, 0.717) is 81.1 Å². The van der Waals surface area contributed by atoms with E-state index >= 15 is 0 Å². The van der Waals surface area contributed by atoms with Gasteiger partial charge in [-0.2, -0.15) is 0 Å². The van der Waals surface area contributed by atoms with E-state index < -0.39 is 30.1 Å². The molecule has 0 amide bonds. The molecular weight excluding hydrogens is 837 g/mol. The van der Waals surface area contributed by atoms with Gasteiger partial charge in [-0.1, -0.05) is 140 Å².